The minimum atomic E-state index is 0.00932. The van der Waals surface area contributed by atoms with Gasteiger partial charge in [0.2, 0.25) is 0 Å². The van der Waals surface area contributed by atoms with E-state index in [0.29, 0.717) is 37.6 Å². The van der Waals surface area contributed by atoms with E-state index in [1.54, 1.807) is 7.11 Å². The summed E-state index contributed by atoms with van der Waals surface area (Å²) in [6.45, 7) is 4.46. The van der Waals surface area contributed by atoms with Crippen LogP contribution in [-0.4, -0.2) is 66.7 Å². The SMILES string of the molecule is COc1ccc(N2CCCCC2)cc1C(=O)N1CCOC[C@@H](Cc2nccn3cccc23)C1. The molecule has 1 amide bonds. The molecule has 3 aromatic rings. The summed E-state index contributed by atoms with van der Waals surface area (Å²) >= 11 is 0. The zero-order valence-electron chi connectivity index (χ0n) is 19.3. The molecule has 0 saturated carbocycles. The smallest absolute Gasteiger partial charge is 0.257 e. The highest BCUT2D eigenvalue weighted by atomic mass is 16.5. The minimum absolute atomic E-state index is 0.00932. The van der Waals surface area contributed by atoms with Gasteiger partial charge in [0.05, 0.1) is 37.1 Å². The van der Waals surface area contributed by atoms with Crippen molar-refractivity contribution in [2.45, 2.75) is 25.7 Å². The molecule has 174 valence electrons. The van der Waals surface area contributed by atoms with Gasteiger partial charge in [0, 0.05) is 56.4 Å². The molecule has 0 radical (unpaired) electrons. The number of ether oxygens (including phenoxy) is 2. The number of methoxy groups -OCH3 is 1. The number of rotatable bonds is 5. The van der Waals surface area contributed by atoms with Crippen molar-refractivity contribution in [2.75, 3.05) is 51.4 Å². The fourth-order valence-electron chi connectivity index (χ4n) is 5.03. The Morgan fingerprint density at radius 1 is 1.15 bits per heavy atom. The van der Waals surface area contributed by atoms with E-state index in [1.165, 1.54) is 19.3 Å². The summed E-state index contributed by atoms with van der Waals surface area (Å²) in [5.41, 5.74) is 3.88. The van der Waals surface area contributed by atoms with E-state index in [9.17, 15) is 4.79 Å². The van der Waals surface area contributed by atoms with Crippen molar-refractivity contribution in [2.24, 2.45) is 5.92 Å². The van der Waals surface area contributed by atoms with E-state index in [1.807, 2.05) is 41.7 Å². The third kappa shape index (κ3) is 4.69. The molecule has 0 aliphatic carbocycles. The van der Waals surface area contributed by atoms with Gasteiger partial charge in [-0.1, -0.05) is 0 Å². The highest BCUT2D eigenvalue weighted by molar-refractivity contribution is 5.98. The molecule has 4 heterocycles. The third-order valence-electron chi connectivity index (χ3n) is 6.77. The van der Waals surface area contributed by atoms with Crippen LogP contribution in [0.1, 0.15) is 35.3 Å². The molecule has 2 saturated heterocycles. The molecule has 2 fully saturated rings. The van der Waals surface area contributed by atoms with Crippen molar-refractivity contribution in [1.82, 2.24) is 14.3 Å². The highest BCUT2D eigenvalue weighted by Gasteiger charge is 2.27. The summed E-state index contributed by atoms with van der Waals surface area (Å²) in [6.07, 6.45) is 10.3. The molecule has 0 unspecified atom stereocenters. The number of fused-ring (bicyclic) bond motifs is 1. The van der Waals surface area contributed by atoms with Crippen LogP contribution in [-0.2, 0) is 11.2 Å². The van der Waals surface area contributed by atoms with Crippen LogP contribution >= 0.6 is 0 Å². The van der Waals surface area contributed by atoms with Gasteiger partial charge in [-0.2, -0.15) is 0 Å². The van der Waals surface area contributed by atoms with E-state index < -0.39 is 0 Å². The second kappa shape index (κ2) is 9.83. The topological polar surface area (TPSA) is 59.3 Å². The Morgan fingerprint density at radius 3 is 2.88 bits per heavy atom. The molecule has 1 aromatic carbocycles. The zero-order valence-corrected chi connectivity index (χ0v) is 19.3. The molecule has 7 heteroatoms. The van der Waals surface area contributed by atoms with Crippen LogP contribution in [0.25, 0.3) is 5.52 Å². The number of anilines is 1. The average Bonchev–Trinajstić information content (AvgIpc) is 3.23. The van der Waals surface area contributed by atoms with E-state index in [2.05, 4.69) is 26.4 Å². The number of aromatic nitrogens is 2. The average molecular weight is 449 g/mol. The lowest BCUT2D eigenvalue weighted by Crippen LogP contribution is -2.37. The number of hydrogen-bond acceptors (Lipinski definition) is 5. The summed E-state index contributed by atoms with van der Waals surface area (Å²) in [4.78, 5) is 22.6. The van der Waals surface area contributed by atoms with Gasteiger partial charge < -0.3 is 23.7 Å². The molecular formula is C26H32N4O3. The number of nitrogens with zero attached hydrogens (tertiary/aromatic N) is 4. The molecule has 2 aliphatic heterocycles. The van der Waals surface area contributed by atoms with E-state index in [-0.39, 0.29) is 11.8 Å². The van der Waals surface area contributed by atoms with Crippen molar-refractivity contribution in [3.63, 3.8) is 0 Å². The Kier molecular flexibility index (Phi) is 6.48. The van der Waals surface area contributed by atoms with Gasteiger partial charge in [0.1, 0.15) is 5.75 Å². The zero-order chi connectivity index (χ0) is 22.6. The van der Waals surface area contributed by atoms with Gasteiger partial charge in [-0.05, 0) is 56.0 Å². The van der Waals surface area contributed by atoms with Crippen LogP contribution in [0.3, 0.4) is 0 Å². The maximum absolute atomic E-state index is 13.7. The van der Waals surface area contributed by atoms with Crippen LogP contribution in [0, 0.1) is 5.92 Å². The van der Waals surface area contributed by atoms with Crippen molar-refractivity contribution in [3.8, 4) is 5.75 Å². The lowest BCUT2D eigenvalue weighted by molar-refractivity contribution is 0.0734. The molecule has 33 heavy (non-hydrogen) atoms. The fraction of sp³-hybridized carbons (Fsp3) is 0.462. The summed E-state index contributed by atoms with van der Waals surface area (Å²) in [7, 11) is 1.63. The Morgan fingerprint density at radius 2 is 2.03 bits per heavy atom. The molecule has 2 aromatic heterocycles. The molecule has 2 aliphatic rings. The summed E-state index contributed by atoms with van der Waals surface area (Å²) in [5, 5.41) is 0. The van der Waals surface area contributed by atoms with Crippen molar-refractivity contribution in [3.05, 3.63) is 60.2 Å². The van der Waals surface area contributed by atoms with Crippen LogP contribution in [0.4, 0.5) is 5.69 Å². The van der Waals surface area contributed by atoms with Crippen LogP contribution in [0.2, 0.25) is 0 Å². The molecule has 7 nitrogen and oxygen atoms in total. The standard InChI is InChI=1S/C26H32N4O3/c1-32-25-8-7-21(28-10-3-2-4-11-28)17-22(25)26(31)30-14-15-33-19-20(18-30)16-23-24-6-5-12-29(24)13-9-27-23/h5-9,12-13,17,20H,2-4,10-11,14-16,18-19H2,1H3/t20-/m0/s1. The minimum Gasteiger partial charge on any atom is -0.496 e. The number of hydrogen-bond donors (Lipinski definition) is 0. The van der Waals surface area contributed by atoms with E-state index in [0.717, 1.165) is 36.4 Å². The quantitative estimate of drug-likeness (QED) is 0.596. The van der Waals surface area contributed by atoms with Gasteiger partial charge >= 0.3 is 0 Å². The maximum atomic E-state index is 13.7. The van der Waals surface area contributed by atoms with Gasteiger partial charge in [0.15, 0.2) is 0 Å². The monoisotopic (exact) mass is 448 g/mol. The Labute approximate surface area is 194 Å². The lowest BCUT2D eigenvalue weighted by Gasteiger charge is -2.30. The summed E-state index contributed by atoms with van der Waals surface area (Å²) in [6, 6.07) is 10.1. The van der Waals surface area contributed by atoms with Gasteiger partial charge in [-0.15, -0.1) is 0 Å². The molecule has 0 bridgehead atoms. The van der Waals surface area contributed by atoms with Crippen molar-refractivity contribution in [1.29, 1.82) is 0 Å². The summed E-state index contributed by atoms with van der Waals surface area (Å²) < 4.78 is 13.6. The Hall–Kier alpha value is -3.06. The van der Waals surface area contributed by atoms with E-state index >= 15 is 0 Å². The molecule has 5 rings (SSSR count). The molecular weight excluding hydrogens is 416 g/mol. The van der Waals surface area contributed by atoms with Crippen LogP contribution in [0.5, 0.6) is 5.75 Å². The largest absolute Gasteiger partial charge is 0.496 e. The van der Waals surface area contributed by atoms with E-state index in [4.69, 9.17) is 9.47 Å². The number of carbonyl (C=O) groups excluding carboxylic acids is 1. The molecule has 0 spiro atoms. The van der Waals surface area contributed by atoms with Gasteiger partial charge in [-0.25, -0.2) is 0 Å². The number of piperidine rings is 1. The Bertz CT molecular complexity index is 1110. The first kappa shape index (κ1) is 21.8. The first-order valence-corrected chi connectivity index (χ1v) is 11.9. The molecule has 0 N–H and O–H groups in total. The number of benzene rings is 1. The molecule has 1 atom stereocenters. The number of amides is 1. The van der Waals surface area contributed by atoms with Crippen molar-refractivity contribution < 1.29 is 14.3 Å². The van der Waals surface area contributed by atoms with Crippen LogP contribution < -0.4 is 9.64 Å². The lowest BCUT2D eigenvalue weighted by atomic mass is 10.0. The third-order valence-corrected chi connectivity index (χ3v) is 6.77. The number of carbonyl (C=O) groups is 1. The van der Waals surface area contributed by atoms with Crippen molar-refractivity contribution >= 4 is 17.1 Å². The fourth-order valence-corrected chi connectivity index (χ4v) is 5.03. The predicted molar refractivity (Wildman–Crippen MR) is 128 cm³/mol. The first-order chi connectivity index (χ1) is 16.2. The maximum Gasteiger partial charge on any atom is 0.257 e. The second-order valence-corrected chi connectivity index (χ2v) is 9.00. The van der Waals surface area contributed by atoms with Gasteiger partial charge in [0.25, 0.3) is 5.91 Å². The normalized spacial score (nSPS) is 19.5. The van der Waals surface area contributed by atoms with Gasteiger partial charge in [-0.3, -0.25) is 9.78 Å². The first-order valence-electron chi connectivity index (χ1n) is 11.9. The highest BCUT2D eigenvalue weighted by Crippen LogP contribution is 2.29. The predicted octanol–water partition coefficient (Wildman–Crippen LogP) is 3.66. The second-order valence-electron chi connectivity index (χ2n) is 9.00. The Balaban J connectivity index is 1.36. The summed E-state index contributed by atoms with van der Waals surface area (Å²) in [5.74, 6) is 0.818. The van der Waals surface area contributed by atoms with Crippen LogP contribution in [0.15, 0.2) is 48.9 Å².